The number of pyridine rings is 1. The number of fused-ring (bicyclic) bond motifs is 1. The van der Waals surface area contributed by atoms with E-state index in [1.54, 1.807) is 17.2 Å². The van der Waals surface area contributed by atoms with Crippen molar-refractivity contribution in [1.82, 2.24) is 24.7 Å². The van der Waals surface area contributed by atoms with Crippen LogP contribution in [0.5, 0.6) is 0 Å². The minimum absolute atomic E-state index is 0.0660. The molecule has 3 aromatic heterocycles. The third kappa shape index (κ3) is 4.69. The van der Waals surface area contributed by atoms with Gasteiger partial charge in [-0.3, -0.25) is 4.68 Å². The maximum atomic E-state index is 14.0. The Morgan fingerprint density at radius 2 is 1.97 bits per heavy atom. The lowest BCUT2D eigenvalue weighted by atomic mass is 9.84. The average molecular weight is 499 g/mol. The van der Waals surface area contributed by atoms with Crippen LogP contribution in [0.1, 0.15) is 46.6 Å². The number of nitrogens with one attached hydrogen (secondary N) is 1. The van der Waals surface area contributed by atoms with E-state index >= 15 is 0 Å². The van der Waals surface area contributed by atoms with Crippen LogP contribution in [-0.2, 0) is 0 Å². The molecule has 11 heteroatoms. The first-order chi connectivity index (χ1) is 17.1. The summed E-state index contributed by atoms with van der Waals surface area (Å²) in [6.45, 7) is 10.1. The zero-order valence-corrected chi connectivity index (χ0v) is 21.3. The maximum absolute atomic E-state index is 14.0. The molecule has 0 spiro atoms. The lowest BCUT2D eigenvalue weighted by molar-refractivity contribution is 0.00441. The van der Waals surface area contributed by atoms with Crippen molar-refractivity contribution in [2.45, 2.75) is 64.5 Å². The number of alkyl halides is 1. The highest BCUT2D eigenvalue weighted by Crippen LogP contribution is 2.36. The largest absolute Gasteiger partial charge is 0.390 e. The standard InChI is InChI=1S/C25H35FN8O2/c1-5-15(2)34-19-10-22(28-11-17(19)23(31-34)33-12-16(13-33)25(3,4)36)29-21-6-8-27-24(30-21)32-9-7-20(35)18(26)14-32/h6,8,10-11,15-16,18,20,35-36H,5,7,9,12-14H2,1-4H3,(H,27,28,29,30)/t15-,18+,20-/m1/s1. The molecule has 3 atom stereocenters. The van der Waals surface area contributed by atoms with Gasteiger partial charge in [0.2, 0.25) is 5.95 Å². The molecule has 36 heavy (non-hydrogen) atoms. The molecule has 0 bridgehead atoms. The van der Waals surface area contributed by atoms with Gasteiger partial charge >= 0.3 is 0 Å². The van der Waals surface area contributed by atoms with Crippen LogP contribution in [0.25, 0.3) is 10.9 Å². The minimum Gasteiger partial charge on any atom is -0.390 e. The molecular formula is C25H35FN8O2. The Labute approximate surface area is 210 Å². The first kappa shape index (κ1) is 24.6. The molecule has 5 rings (SSSR count). The summed E-state index contributed by atoms with van der Waals surface area (Å²) in [5, 5.41) is 29.2. The van der Waals surface area contributed by atoms with Gasteiger partial charge in [0, 0.05) is 50.1 Å². The summed E-state index contributed by atoms with van der Waals surface area (Å²) >= 11 is 0. The summed E-state index contributed by atoms with van der Waals surface area (Å²) in [6, 6.07) is 3.92. The van der Waals surface area contributed by atoms with Crippen LogP contribution in [0, 0.1) is 5.92 Å². The van der Waals surface area contributed by atoms with Gasteiger partial charge in [-0.05, 0) is 39.7 Å². The predicted molar refractivity (Wildman–Crippen MR) is 138 cm³/mol. The predicted octanol–water partition coefficient (Wildman–Crippen LogP) is 3.05. The van der Waals surface area contributed by atoms with Crippen LogP contribution in [-0.4, -0.2) is 79.0 Å². The first-order valence-electron chi connectivity index (χ1n) is 12.7. The molecule has 3 N–H and O–H groups in total. The smallest absolute Gasteiger partial charge is 0.227 e. The van der Waals surface area contributed by atoms with E-state index in [0.29, 0.717) is 30.5 Å². The van der Waals surface area contributed by atoms with E-state index in [4.69, 9.17) is 5.10 Å². The minimum atomic E-state index is -1.32. The van der Waals surface area contributed by atoms with E-state index < -0.39 is 17.9 Å². The van der Waals surface area contributed by atoms with E-state index in [1.807, 2.05) is 30.8 Å². The van der Waals surface area contributed by atoms with Gasteiger partial charge in [-0.1, -0.05) is 6.92 Å². The molecule has 0 radical (unpaired) electrons. The van der Waals surface area contributed by atoms with Crippen LogP contribution < -0.4 is 15.1 Å². The molecule has 3 aromatic rings. The summed E-state index contributed by atoms with van der Waals surface area (Å²) in [5.41, 5.74) is 0.263. The number of hydrogen-bond donors (Lipinski definition) is 3. The second kappa shape index (κ2) is 9.44. The lowest BCUT2D eigenvalue weighted by Gasteiger charge is -2.45. The molecule has 0 aliphatic carbocycles. The Morgan fingerprint density at radius 3 is 2.67 bits per heavy atom. The third-order valence-corrected chi connectivity index (χ3v) is 7.45. The molecular weight excluding hydrogens is 463 g/mol. The van der Waals surface area contributed by atoms with Crippen LogP contribution in [0.3, 0.4) is 0 Å². The van der Waals surface area contributed by atoms with E-state index in [2.05, 4.69) is 39.0 Å². The fourth-order valence-corrected chi connectivity index (χ4v) is 4.70. The number of aromatic nitrogens is 5. The number of halogens is 1. The zero-order chi connectivity index (χ0) is 25.6. The summed E-state index contributed by atoms with van der Waals surface area (Å²) in [7, 11) is 0. The highest BCUT2D eigenvalue weighted by molar-refractivity contribution is 5.92. The normalized spacial score (nSPS) is 22.1. The second-order valence-electron chi connectivity index (χ2n) is 10.6. The van der Waals surface area contributed by atoms with Crippen molar-refractivity contribution in [3.8, 4) is 0 Å². The van der Waals surface area contributed by atoms with Crippen molar-refractivity contribution in [3.63, 3.8) is 0 Å². The molecule has 194 valence electrons. The Kier molecular flexibility index (Phi) is 6.46. The van der Waals surface area contributed by atoms with Crippen LogP contribution in [0.2, 0.25) is 0 Å². The fraction of sp³-hybridized carbons (Fsp3) is 0.600. The summed E-state index contributed by atoms with van der Waals surface area (Å²) in [6.07, 6.45) is 2.49. The highest BCUT2D eigenvalue weighted by atomic mass is 19.1. The number of anilines is 4. The van der Waals surface area contributed by atoms with Gasteiger partial charge in [-0.2, -0.15) is 10.1 Å². The molecule has 5 heterocycles. The van der Waals surface area contributed by atoms with Gasteiger partial charge in [0.25, 0.3) is 0 Å². The van der Waals surface area contributed by atoms with Crippen LogP contribution in [0.4, 0.5) is 27.8 Å². The number of piperidine rings is 1. The van der Waals surface area contributed by atoms with E-state index in [1.165, 1.54) is 0 Å². The zero-order valence-electron chi connectivity index (χ0n) is 21.3. The number of aliphatic hydroxyl groups excluding tert-OH is 1. The molecule has 0 aromatic carbocycles. The SMILES string of the molecule is CC[C@@H](C)n1nc(N2CC(C(C)(C)O)C2)c2cnc(Nc3ccnc(N4CC[C@@H](O)[C@@H](F)C4)n3)cc21. The Hall–Kier alpha value is -3.05. The molecule has 2 saturated heterocycles. The molecule has 0 amide bonds. The molecule has 0 saturated carbocycles. The summed E-state index contributed by atoms with van der Waals surface area (Å²) in [5.74, 6) is 2.69. The highest BCUT2D eigenvalue weighted by Gasteiger charge is 2.39. The topological polar surface area (TPSA) is 115 Å². The monoisotopic (exact) mass is 498 g/mol. The van der Waals surface area contributed by atoms with E-state index in [-0.39, 0.29) is 18.5 Å². The van der Waals surface area contributed by atoms with Gasteiger partial charge in [0.1, 0.15) is 17.8 Å². The van der Waals surface area contributed by atoms with Crippen molar-refractivity contribution < 1.29 is 14.6 Å². The molecule has 0 unspecified atom stereocenters. The van der Waals surface area contributed by atoms with Gasteiger partial charge in [-0.15, -0.1) is 0 Å². The van der Waals surface area contributed by atoms with Gasteiger partial charge in [-0.25, -0.2) is 14.4 Å². The Morgan fingerprint density at radius 1 is 1.19 bits per heavy atom. The van der Waals surface area contributed by atoms with Crippen molar-refractivity contribution in [2.75, 3.05) is 41.3 Å². The third-order valence-electron chi connectivity index (χ3n) is 7.45. The number of nitrogens with zero attached hydrogens (tertiary/aromatic N) is 7. The number of rotatable bonds is 7. The Bertz CT molecular complexity index is 1220. The van der Waals surface area contributed by atoms with Crippen molar-refractivity contribution in [1.29, 1.82) is 0 Å². The molecule has 2 aliphatic rings. The first-order valence-corrected chi connectivity index (χ1v) is 12.7. The molecule has 2 fully saturated rings. The summed E-state index contributed by atoms with van der Waals surface area (Å²) in [4.78, 5) is 17.4. The van der Waals surface area contributed by atoms with Gasteiger partial charge in [0.05, 0.1) is 29.2 Å². The van der Waals surface area contributed by atoms with Crippen molar-refractivity contribution in [3.05, 3.63) is 24.5 Å². The number of aliphatic hydroxyl groups is 2. The van der Waals surface area contributed by atoms with Crippen molar-refractivity contribution in [2.24, 2.45) is 5.92 Å². The van der Waals surface area contributed by atoms with Gasteiger partial charge in [0.15, 0.2) is 5.82 Å². The fourth-order valence-electron chi connectivity index (χ4n) is 4.70. The molecule has 10 nitrogen and oxygen atoms in total. The van der Waals surface area contributed by atoms with Gasteiger partial charge < -0.3 is 25.3 Å². The number of hydrogen-bond acceptors (Lipinski definition) is 9. The quantitative estimate of drug-likeness (QED) is 0.452. The maximum Gasteiger partial charge on any atom is 0.227 e. The van der Waals surface area contributed by atoms with E-state index in [0.717, 1.165) is 36.2 Å². The van der Waals surface area contributed by atoms with Crippen molar-refractivity contribution >= 4 is 34.3 Å². The van der Waals surface area contributed by atoms with Crippen LogP contribution in [0.15, 0.2) is 24.5 Å². The molecule has 2 aliphatic heterocycles. The van der Waals surface area contributed by atoms with Crippen LogP contribution >= 0.6 is 0 Å². The lowest BCUT2D eigenvalue weighted by Crippen LogP contribution is -2.56. The summed E-state index contributed by atoms with van der Waals surface area (Å²) < 4.78 is 16.1. The van der Waals surface area contributed by atoms with E-state index in [9.17, 15) is 14.6 Å². The average Bonchev–Trinajstić information content (AvgIpc) is 3.17. The Balaban J connectivity index is 1.40. The second-order valence-corrected chi connectivity index (χ2v) is 10.6.